The zero-order valence-corrected chi connectivity index (χ0v) is 14.2. The van der Waals surface area contributed by atoms with Gasteiger partial charge in [0.1, 0.15) is 6.04 Å². The lowest BCUT2D eigenvalue weighted by molar-refractivity contribution is -0.143. The number of nitrogens with zero attached hydrogens (tertiary/aromatic N) is 1. The number of nitrogens with one attached hydrogen (secondary N) is 1. The summed E-state index contributed by atoms with van der Waals surface area (Å²) in [6.45, 7) is 7.44. The van der Waals surface area contributed by atoms with Gasteiger partial charge in [-0.1, -0.05) is 11.6 Å². The Morgan fingerprint density at radius 1 is 1.26 bits per heavy atom. The van der Waals surface area contributed by atoms with Crippen LogP contribution in [-0.4, -0.2) is 42.5 Å². The Morgan fingerprint density at radius 2 is 1.96 bits per heavy atom. The maximum absolute atomic E-state index is 12.8. The smallest absolute Gasteiger partial charge is 0.328 e. The Bertz CT molecular complexity index is 565. The summed E-state index contributed by atoms with van der Waals surface area (Å²) >= 11 is 0. The second-order valence-electron chi connectivity index (χ2n) is 6.02. The Kier molecular flexibility index (Phi) is 6.02. The van der Waals surface area contributed by atoms with Gasteiger partial charge in [0.2, 0.25) is 0 Å². The van der Waals surface area contributed by atoms with Crippen LogP contribution in [-0.2, 0) is 9.53 Å². The molecule has 5 heteroatoms. The fraction of sp³-hybridized carbons (Fsp3) is 0.556. The Hall–Kier alpha value is -2.04. The zero-order valence-electron chi connectivity index (χ0n) is 14.2. The molecule has 0 radical (unpaired) electrons. The van der Waals surface area contributed by atoms with Crippen molar-refractivity contribution in [3.05, 3.63) is 29.3 Å². The molecule has 0 bridgehead atoms. The number of rotatable bonds is 5. The summed E-state index contributed by atoms with van der Waals surface area (Å²) < 4.78 is 5.02. The maximum Gasteiger partial charge on any atom is 0.328 e. The zero-order chi connectivity index (χ0) is 16.8. The van der Waals surface area contributed by atoms with Crippen LogP contribution in [0.3, 0.4) is 0 Å². The number of benzene rings is 1. The number of aryl methyl sites for hydroxylation is 1. The van der Waals surface area contributed by atoms with Crippen molar-refractivity contribution in [2.45, 2.75) is 46.1 Å². The summed E-state index contributed by atoms with van der Waals surface area (Å²) in [6, 6.07) is 5.19. The first-order valence-electron chi connectivity index (χ1n) is 8.36. The standard InChI is InChI=1S/C18H26N2O3/c1-4-23-18(22)14(3)19-16-9-8-13(2)12-15(16)17(21)20-10-6-5-7-11-20/h8-9,12,14,19H,4-7,10-11H2,1-3H3/t14-/m1/s1. The molecule has 23 heavy (non-hydrogen) atoms. The fourth-order valence-corrected chi connectivity index (χ4v) is 2.79. The van der Waals surface area contributed by atoms with E-state index in [-0.39, 0.29) is 11.9 Å². The molecule has 126 valence electrons. The van der Waals surface area contributed by atoms with E-state index < -0.39 is 6.04 Å². The molecular formula is C18H26N2O3. The Morgan fingerprint density at radius 3 is 2.61 bits per heavy atom. The van der Waals surface area contributed by atoms with Crippen molar-refractivity contribution in [2.24, 2.45) is 0 Å². The molecular weight excluding hydrogens is 292 g/mol. The van der Waals surface area contributed by atoms with Crippen molar-refractivity contribution in [1.82, 2.24) is 4.90 Å². The number of hydrogen-bond donors (Lipinski definition) is 1. The van der Waals surface area contributed by atoms with Gasteiger partial charge < -0.3 is 15.0 Å². The first-order valence-corrected chi connectivity index (χ1v) is 8.36. The van der Waals surface area contributed by atoms with Crippen molar-refractivity contribution in [1.29, 1.82) is 0 Å². The molecule has 0 spiro atoms. The van der Waals surface area contributed by atoms with Crippen molar-refractivity contribution >= 4 is 17.6 Å². The molecule has 2 rings (SSSR count). The quantitative estimate of drug-likeness (QED) is 0.848. The van der Waals surface area contributed by atoms with Crippen molar-refractivity contribution in [3.63, 3.8) is 0 Å². The lowest BCUT2D eigenvalue weighted by Crippen LogP contribution is -2.36. The van der Waals surface area contributed by atoms with Crippen LogP contribution in [0.25, 0.3) is 0 Å². The highest BCUT2D eigenvalue weighted by molar-refractivity contribution is 6.00. The SMILES string of the molecule is CCOC(=O)[C@@H](C)Nc1ccc(C)cc1C(=O)N1CCCCC1. The van der Waals surface area contributed by atoms with Crippen LogP contribution in [0.15, 0.2) is 18.2 Å². The molecule has 0 aliphatic carbocycles. The fourth-order valence-electron chi connectivity index (χ4n) is 2.79. The number of carbonyl (C=O) groups is 2. The number of ether oxygens (including phenoxy) is 1. The van der Waals surface area contributed by atoms with E-state index in [4.69, 9.17) is 4.74 Å². The van der Waals surface area contributed by atoms with Crippen LogP contribution < -0.4 is 5.32 Å². The summed E-state index contributed by atoms with van der Waals surface area (Å²) in [5, 5.41) is 3.12. The number of anilines is 1. The van der Waals surface area contributed by atoms with Gasteiger partial charge in [-0.3, -0.25) is 4.79 Å². The highest BCUT2D eigenvalue weighted by Crippen LogP contribution is 2.22. The van der Waals surface area contributed by atoms with Gasteiger partial charge in [0, 0.05) is 18.8 Å². The second kappa shape index (κ2) is 7.99. The number of esters is 1. The molecule has 0 aromatic heterocycles. The third-order valence-corrected chi connectivity index (χ3v) is 4.06. The average Bonchev–Trinajstić information content (AvgIpc) is 2.56. The predicted octanol–water partition coefficient (Wildman–Crippen LogP) is 2.98. The summed E-state index contributed by atoms with van der Waals surface area (Å²) in [5.74, 6) is -0.281. The van der Waals surface area contributed by atoms with E-state index in [0.29, 0.717) is 17.9 Å². The number of likely N-dealkylation sites (tertiary alicyclic amines) is 1. The van der Waals surface area contributed by atoms with Crippen LogP contribution in [0, 0.1) is 6.92 Å². The lowest BCUT2D eigenvalue weighted by atomic mass is 10.0. The molecule has 1 atom stereocenters. The normalized spacial score (nSPS) is 15.9. The van der Waals surface area contributed by atoms with Gasteiger partial charge in [-0.2, -0.15) is 0 Å². The van der Waals surface area contributed by atoms with Gasteiger partial charge in [-0.25, -0.2) is 4.79 Å². The first-order chi connectivity index (χ1) is 11.0. The van der Waals surface area contributed by atoms with Gasteiger partial charge in [0.05, 0.1) is 12.2 Å². The summed E-state index contributed by atoms with van der Waals surface area (Å²) in [4.78, 5) is 26.5. The Labute approximate surface area is 138 Å². The van der Waals surface area contributed by atoms with E-state index in [9.17, 15) is 9.59 Å². The van der Waals surface area contributed by atoms with E-state index >= 15 is 0 Å². The van der Waals surface area contributed by atoms with Crippen LogP contribution in [0.1, 0.15) is 49.0 Å². The highest BCUT2D eigenvalue weighted by Gasteiger charge is 2.23. The van der Waals surface area contributed by atoms with Gasteiger partial charge in [0.15, 0.2) is 0 Å². The van der Waals surface area contributed by atoms with Crippen LogP contribution in [0.4, 0.5) is 5.69 Å². The largest absolute Gasteiger partial charge is 0.464 e. The minimum absolute atomic E-state index is 0.0342. The molecule has 1 aliphatic rings. The minimum Gasteiger partial charge on any atom is -0.464 e. The predicted molar refractivity (Wildman–Crippen MR) is 90.7 cm³/mol. The van der Waals surface area contributed by atoms with E-state index in [1.807, 2.05) is 30.0 Å². The molecule has 1 fully saturated rings. The van der Waals surface area contributed by atoms with Crippen LogP contribution in [0.5, 0.6) is 0 Å². The molecule has 1 aromatic rings. The molecule has 1 amide bonds. The van der Waals surface area contributed by atoms with Crippen LogP contribution >= 0.6 is 0 Å². The molecule has 1 aliphatic heterocycles. The van der Waals surface area contributed by atoms with E-state index in [2.05, 4.69) is 5.32 Å². The summed E-state index contributed by atoms with van der Waals surface area (Å²) in [6.07, 6.45) is 3.29. The van der Waals surface area contributed by atoms with Crippen LogP contribution in [0.2, 0.25) is 0 Å². The van der Waals surface area contributed by atoms with Gasteiger partial charge in [-0.15, -0.1) is 0 Å². The van der Waals surface area contributed by atoms with Crippen molar-refractivity contribution < 1.29 is 14.3 Å². The van der Waals surface area contributed by atoms with E-state index in [0.717, 1.165) is 31.5 Å². The molecule has 1 N–H and O–H groups in total. The number of piperidine rings is 1. The topological polar surface area (TPSA) is 58.6 Å². The molecule has 0 saturated carbocycles. The minimum atomic E-state index is -0.495. The maximum atomic E-state index is 12.8. The second-order valence-corrected chi connectivity index (χ2v) is 6.02. The third kappa shape index (κ3) is 4.47. The first kappa shape index (κ1) is 17.3. The van der Waals surface area contributed by atoms with Gasteiger partial charge >= 0.3 is 5.97 Å². The highest BCUT2D eigenvalue weighted by atomic mass is 16.5. The van der Waals surface area contributed by atoms with E-state index in [1.165, 1.54) is 6.42 Å². The summed E-state index contributed by atoms with van der Waals surface area (Å²) in [5.41, 5.74) is 2.34. The summed E-state index contributed by atoms with van der Waals surface area (Å²) in [7, 11) is 0. The molecule has 1 aromatic carbocycles. The van der Waals surface area contributed by atoms with Crippen molar-refractivity contribution in [3.8, 4) is 0 Å². The van der Waals surface area contributed by atoms with Gasteiger partial charge in [-0.05, 0) is 52.2 Å². The number of carbonyl (C=O) groups excluding carboxylic acids is 2. The monoisotopic (exact) mass is 318 g/mol. The molecule has 1 heterocycles. The average molecular weight is 318 g/mol. The number of amides is 1. The Balaban J connectivity index is 2.19. The number of hydrogen-bond acceptors (Lipinski definition) is 4. The van der Waals surface area contributed by atoms with E-state index in [1.54, 1.807) is 13.8 Å². The molecule has 1 saturated heterocycles. The molecule has 5 nitrogen and oxygen atoms in total. The van der Waals surface area contributed by atoms with Gasteiger partial charge in [0.25, 0.3) is 5.91 Å². The molecule has 0 unspecified atom stereocenters. The lowest BCUT2D eigenvalue weighted by Gasteiger charge is -2.28. The third-order valence-electron chi connectivity index (χ3n) is 4.06. The van der Waals surface area contributed by atoms with Crippen molar-refractivity contribution in [2.75, 3.05) is 25.0 Å².